The maximum atomic E-state index is 13.1. The number of amides is 2. The van der Waals surface area contributed by atoms with Gasteiger partial charge in [-0.15, -0.1) is 0 Å². The summed E-state index contributed by atoms with van der Waals surface area (Å²) in [7, 11) is 2.06. The molecule has 0 bridgehead atoms. The number of carbonyl (C=O) groups is 1. The van der Waals surface area contributed by atoms with Crippen LogP contribution in [0.4, 0.5) is 9.18 Å². The van der Waals surface area contributed by atoms with Crippen LogP contribution in [0.5, 0.6) is 5.88 Å². The standard InChI is InChI=1S/C15H21FN4O2/c1-18-7-9-19(10-8-18)15(21)20-6-5-12(11-20)22-14-4-2-3-13(16)17-14/h2-4,12H,5-11H2,1H3. The van der Waals surface area contributed by atoms with E-state index >= 15 is 0 Å². The average Bonchev–Trinajstić information content (AvgIpc) is 2.96. The van der Waals surface area contributed by atoms with Gasteiger partial charge in [0.15, 0.2) is 0 Å². The van der Waals surface area contributed by atoms with Crippen LogP contribution in [0.1, 0.15) is 6.42 Å². The molecule has 1 aromatic heterocycles. The van der Waals surface area contributed by atoms with Crippen LogP contribution in [0.2, 0.25) is 0 Å². The van der Waals surface area contributed by atoms with Crippen LogP contribution >= 0.6 is 0 Å². The largest absolute Gasteiger partial charge is 0.472 e. The highest BCUT2D eigenvalue weighted by Gasteiger charge is 2.31. The predicted molar refractivity (Wildman–Crippen MR) is 79.3 cm³/mol. The van der Waals surface area contributed by atoms with Gasteiger partial charge in [0.2, 0.25) is 11.8 Å². The fourth-order valence-corrected chi connectivity index (χ4v) is 2.82. The lowest BCUT2D eigenvalue weighted by Crippen LogP contribution is -2.51. The van der Waals surface area contributed by atoms with E-state index < -0.39 is 5.95 Å². The first kappa shape index (κ1) is 15.0. The fourth-order valence-electron chi connectivity index (χ4n) is 2.82. The second kappa shape index (κ2) is 6.48. The monoisotopic (exact) mass is 308 g/mol. The SMILES string of the molecule is CN1CCN(C(=O)N2CCC(Oc3cccc(F)n3)C2)CC1. The van der Waals surface area contributed by atoms with Crippen molar-refractivity contribution in [1.29, 1.82) is 0 Å². The molecule has 3 rings (SSSR count). The molecule has 7 heteroatoms. The summed E-state index contributed by atoms with van der Waals surface area (Å²) in [6.07, 6.45) is 0.628. The maximum Gasteiger partial charge on any atom is 0.320 e. The molecule has 1 unspecified atom stereocenters. The van der Waals surface area contributed by atoms with Crippen LogP contribution in [-0.2, 0) is 0 Å². The minimum atomic E-state index is -0.555. The van der Waals surface area contributed by atoms with Crippen molar-refractivity contribution in [2.24, 2.45) is 0 Å². The summed E-state index contributed by atoms with van der Waals surface area (Å²) in [6.45, 7) is 4.56. The summed E-state index contributed by atoms with van der Waals surface area (Å²) in [5.41, 5.74) is 0. The molecule has 0 saturated carbocycles. The lowest BCUT2D eigenvalue weighted by molar-refractivity contribution is 0.123. The highest BCUT2D eigenvalue weighted by atomic mass is 19.1. The minimum absolute atomic E-state index is 0.0754. The van der Waals surface area contributed by atoms with Crippen molar-refractivity contribution < 1.29 is 13.9 Å². The van der Waals surface area contributed by atoms with E-state index in [0.717, 1.165) is 32.6 Å². The van der Waals surface area contributed by atoms with Gasteiger partial charge >= 0.3 is 6.03 Å². The molecule has 120 valence electrons. The molecule has 2 aliphatic rings. The Balaban J connectivity index is 1.52. The molecule has 2 fully saturated rings. The number of hydrogen-bond acceptors (Lipinski definition) is 4. The Morgan fingerprint density at radius 1 is 1.23 bits per heavy atom. The van der Waals surface area contributed by atoms with Gasteiger partial charge < -0.3 is 19.4 Å². The lowest BCUT2D eigenvalue weighted by Gasteiger charge is -2.34. The van der Waals surface area contributed by atoms with Gasteiger partial charge in [-0.3, -0.25) is 0 Å². The number of halogens is 1. The fraction of sp³-hybridized carbons (Fsp3) is 0.600. The third-order valence-electron chi connectivity index (χ3n) is 4.17. The summed E-state index contributed by atoms with van der Waals surface area (Å²) in [6, 6.07) is 4.56. The van der Waals surface area contributed by atoms with Crippen molar-refractivity contribution >= 4 is 6.03 Å². The third kappa shape index (κ3) is 3.47. The lowest BCUT2D eigenvalue weighted by atomic mass is 10.3. The molecule has 2 aliphatic heterocycles. The molecule has 6 nitrogen and oxygen atoms in total. The molecule has 0 aromatic carbocycles. The zero-order valence-electron chi connectivity index (χ0n) is 12.7. The van der Waals surface area contributed by atoms with E-state index in [-0.39, 0.29) is 18.0 Å². The minimum Gasteiger partial charge on any atom is -0.472 e. The number of ether oxygens (including phenoxy) is 1. The molecule has 1 aromatic rings. The molecule has 0 radical (unpaired) electrons. The highest BCUT2D eigenvalue weighted by molar-refractivity contribution is 5.75. The van der Waals surface area contributed by atoms with Crippen molar-refractivity contribution in [3.05, 3.63) is 24.1 Å². The highest BCUT2D eigenvalue weighted by Crippen LogP contribution is 2.18. The summed E-state index contributed by atoms with van der Waals surface area (Å²) < 4.78 is 18.7. The zero-order chi connectivity index (χ0) is 15.5. The first-order valence-corrected chi connectivity index (χ1v) is 7.63. The number of rotatable bonds is 2. The van der Waals surface area contributed by atoms with Crippen molar-refractivity contribution in [2.45, 2.75) is 12.5 Å². The van der Waals surface area contributed by atoms with Crippen LogP contribution in [0.25, 0.3) is 0 Å². The van der Waals surface area contributed by atoms with E-state index in [2.05, 4.69) is 16.9 Å². The third-order valence-corrected chi connectivity index (χ3v) is 4.17. The number of likely N-dealkylation sites (tertiary alicyclic amines) is 1. The van der Waals surface area contributed by atoms with Crippen molar-refractivity contribution in [1.82, 2.24) is 19.7 Å². The van der Waals surface area contributed by atoms with Gasteiger partial charge in [-0.1, -0.05) is 6.07 Å². The maximum absolute atomic E-state index is 13.1. The topological polar surface area (TPSA) is 48.9 Å². The van der Waals surface area contributed by atoms with Gasteiger partial charge in [0, 0.05) is 45.2 Å². The van der Waals surface area contributed by atoms with Gasteiger partial charge in [-0.05, 0) is 13.1 Å². The molecule has 1 atom stereocenters. The number of nitrogens with zero attached hydrogens (tertiary/aromatic N) is 4. The zero-order valence-corrected chi connectivity index (χ0v) is 12.7. The van der Waals surface area contributed by atoms with Gasteiger partial charge in [-0.2, -0.15) is 9.37 Å². The van der Waals surface area contributed by atoms with E-state index in [1.54, 1.807) is 12.1 Å². The quantitative estimate of drug-likeness (QED) is 0.766. The van der Waals surface area contributed by atoms with Crippen LogP contribution in [0.15, 0.2) is 18.2 Å². The molecule has 2 amide bonds. The van der Waals surface area contributed by atoms with Crippen LogP contribution in [0.3, 0.4) is 0 Å². The van der Waals surface area contributed by atoms with Crippen LogP contribution in [-0.4, -0.2) is 78.1 Å². The number of likely N-dealkylation sites (N-methyl/N-ethyl adjacent to an activating group) is 1. The Hall–Kier alpha value is -1.89. The second-order valence-electron chi connectivity index (χ2n) is 5.85. The molecule has 3 heterocycles. The molecular formula is C15H21FN4O2. The van der Waals surface area contributed by atoms with E-state index in [0.29, 0.717) is 13.1 Å². The Bertz CT molecular complexity index is 534. The summed E-state index contributed by atoms with van der Waals surface area (Å²) >= 11 is 0. The van der Waals surface area contributed by atoms with Crippen LogP contribution in [0, 0.1) is 5.95 Å². The number of urea groups is 1. The first-order chi connectivity index (χ1) is 10.6. The normalized spacial score (nSPS) is 22.9. The van der Waals surface area contributed by atoms with Crippen molar-refractivity contribution in [3.8, 4) is 5.88 Å². The summed E-state index contributed by atoms with van der Waals surface area (Å²) in [5, 5.41) is 0. The Morgan fingerprint density at radius 2 is 2.00 bits per heavy atom. The predicted octanol–water partition coefficient (Wildman–Crippen LogP) is 1.04. The van der Waals surface area contributed by atoms with Crippen molar-refractivity contribution in [2.75, 3.05) is 46.3 Å². The number of hydrogen-bond donors (Lipinski definition) is 0. The molecule has 2 saturated heterocycles. The number of carbonyl (C=O) groups excluding carboxylic acids is 1. The van der Waals surface area contributed by atoms with Gasteiger partial charge in [0.05, 0.1) is 6.54 Å². The Morgan fingerprint density at radius 3 is 2.73 bits per heavy atom. The first-order valence-electron chi connectivity index (χ1n) is 7.63. The molecular weight excluding hydrogens is 287 g/mol. The molecule has 0 spiro atoms. The number of piperazine rings is 1. The summed E-state index contributed by atoms with van der Waals surface area (Å²) in [4.78, 5) is 22.1. The Kier molecular flexibility index (Phi) is 4.42. The van der Waals surface area contributed by atoms with Crippen molar-refractivity contribution in [3.63, 3.8) is 0 Å². The number of pyridine rings is 1. The van der Waals surface area contributed by atoms with Gasteiger partial charge in [-0.25, -0.2) is 4.79 Å². The average molecular weight is 308 g/mol. The van der Waals surface area contributed by atoms with E-state index in [1.807, 2.05) is 9.80 Å². The Labute approximate surface area is 129 Å². The molecule has 0 aliphatic carbocycles. The van der Waals surface area contributed by atoms with Gasteiger partial charge in [0.1, 0.15) is 6.10 Å². The second-order valence-corrected chi connectivity index (χ2v) is 5.85. The van der Waals surface area contributed by atoms with Gasteiger partial charge in [0.25, 0.3) is 0 Å². The number of aromatic nitrogens is 1. The van der Waals surface area contributed by atoms with E-state index in [4.69, 9.17) is 4.74 Å². The summed E-state index contributed by atoms with van der Waals surface area (Å²) in [5.74, 6) is -0.278. The van der Waals surface area contributed by atoms with E-state index in [9.17, 15) is 9.18 Å². The van der Waals surface area contributed by atoms with Crippen LogP contribution < -0.4 is 4.74 Å². The van der Waals surface area contributed by atoms with E-state index in [1.165, 1.54) is 6.07 Å². The molecule has 22 heavy (non-hydrogen) atoms. The smallest absolute Gasteiger partial charge is 0.320 e. The molecule has 0 N–H and O–H groups in total.